The number of imidazole rings is 1. The molecule has 0 unspecified atom stereocenters. The second-order valence-electron chi connectivity index (χ2n) is 7.34. The summed E-state index contributed by atoms with van der Waals surface area (Å²) in [7, 11) is 0. The van der Waals surface area contributed by atoms with Crippen molar-refractivity contribution in [2.45, 2.75) is 45.7 Å². The van der Waals surface area contributed by atoms with E-state index in [9.17, 15) is 4.79 Å². The summed E-state index contributed by atoms with van der Waals surface area (Å²) in [5, 5.41) is 0. The average Bonchev–Trinajstić information content (AvgIpc) is 3.03. The highest BCUT2D eigenvalue weighted by atomic mass is 16.2. The quantitative estimate of drug-likeness (QED) is 0.827. The normalized spacial score (nSPS) is 17.3. The van der Waals surface area contributed by atoms with E-state index in [1.54, 1.807) is 12.4 Å². The van der Waals surface area contributed by atoms with E-state index in [0.717, 1.165) is 45.0 Å². The largest absolute Gasteiger partial charge is 0.340 e. The second-order valence-corrected chi connectivity index (χ2v) is 7.34. The highest BCUT2D eigenvalue weighted by Crippen LogP contribution is 2.20. The molecule has 0 saturated carbocycles. The van der Waals surface area contributed by atoms with Gasteiger partial charge in [-0.1, -0.05) is 19.9 Å². The van der Waals surface area contributed by atoms with Crippen LogP contribution in [-0.2, 0) is 11.3 Å². The predicted octanol–water partition coefficient (Wildman–Crippen LogP) is 2.70. The molecule has 0 N–H and O–H groups in total. The molecule has 0 radical (unpaired) electrons. The first kappa shape index (κ1) is 18.6. The fourth-order valence-electron chi connectivity index (χ4n) is 3.58. The van der Waals surface area contributed by atoms with Gasteiger partial charge < -0.3 is 9.47 Å². The van der Waals surface area contributed by atoms with Gasteiger partial charge in [-0.05, 0) is 25.0 Å². The van der Waals surface area contributed by atoms with Crippen molar-refractivity contribution in [3.05, 3.63) is 48.3 Å². The lowest BCUT2D eigenvalue weighted by Gasteiger charge is -2.26. The van der Waals surface area contributed by atoms with Gasteiger partial charge in [0.1, 0.15) is 11.9 Å². The zero-order valence-electron chi connectivity index (χ0n) is 16.0. The Labute approximate surface area is 155 Å². The van der Waals surface area contributed by atoms with E-state index < -0.39 is 0 Å². The number of nitrogens with zero attached hydrogens (tertiary/aromatic N) is 5. The molecule has 6 heteroatoms. The Morgan fingerprint density at radius 3 is 2.73 bits per heavy atom. The third-order valence-corrected chi connectivity index (χ3v) is 5.02. The fraction of sp³-hybridized carbons (Fsp3) is 0.550. The minimum Gasteiger partial charge on any atom is -0.340 e. The molecule has 0 aromatic carbocycles. The van der Waals surface area contributed by atoms with Crippen LogP contribution < -0.4 is 0 Å². The molecule has 2 aromatic rings. The number of amides is 1. The van der Waals surface area contributed by atoms with Crippen LogP contribution in [0.15, 0.2) is 36.9 Å². The van der Waals surface area contributed by atoms with E-state index in [1.165, 1.54) is 5.56 Å². The predicted molar refractivity (Wildman–Crippen MR) is 102 cm³/mol. The first-order chi connectivity index (χ1) is 12.6. The van der Waals surface area contributed by atoms with Crippen molar-refractivity contribution in [3.8, 4) is 0 Å². The molecule has 1 fully saturated rings. The van der Waals surface area contributed by atoms with Gasteiger partial charge in [0.25, 0.3) is 0 Å². The van der Waals surface area contributed by atoms with Crippen molar-refractivity contribution in [1.29, 1.82) is 0 Å². The molecular weight excluding hydrogens is 326 g/mol. The van der Waals surface area contributed by atoms with Crippen molar-refractivity contribution in [2.75, 3.05) is 26.2 Å². The summed E-state index contributed by atoms with van der Waals surface area (Å²) in [6.07, 6.45) is 8.43. The summed E-state index contributed by atoms with van der Waals surface area (Å²) in [5.74, 6) is 1.46. The van der Waals surface area contributed by atoms with Gasteiger partial charge in [0, 0.05) is 63.4 Å². The highest BCUT2D eigenvalue weighted by Gasteiger charge is 2.26. The molecule has 0 aliphatic carbocycles. The first-order valence-electron chi connectivity index (χ1n) is 9.49. The zero-order valence-corrected chi connectivity index (χ0v) is 16.0. The third-order valence-electron chi connectivity index (χ3n) is 5.02. The molecule has 1 aliphatic rings. The van der Waals surface area contributed by atoms with E-state index in [1.807, 2.05) is 34.9 Å². The molecule has 3 rings (SSSR count). The van der Waals surface area contributed by atoms with Crippen molar-refractivity contribution in [3.63, 3.8) is 0 Å². The number of rotatable bonds is 5. The van der Waals surface area contributed by atoms with Crippen molar-refractivity contribution in [1.82, 2.24) is 24.3 Å². The second kappa shape index (κ2) is 8.45. The molecule has 1 aliphatic heterocycles. The van der Waals surface area contributed by atoms with Crippen LogP contribution in [0, 0.1) is 0 Å². The Morgan fingerprint density at radius 2 is 2.00 bits per heavy atom. The number of carbonyl (C=O) groups excluding carboxylic acids is 1. The minimum atomic E-state index is -0.209. The standard InChI is InChI=1S/C20H29N5O/c1-16(2)19-22-8-11-25(19)17(3)20(26)24-10-5-9-23(12-13-24)15-18-6-4-7-21-14-18/h4,6-8,11,14,16-17H,5,9-10,12-13,15H2,1-3H3/t17-/m0/s1. The number of carbonyl (C=O) groups is 1. The Hall–Kier alpha value is -2.21. The molecule has 0 spiro atoms. The van der Waals surface area contributed by atoms with Crippen LogP contribution in [0.3, 0.4) is 0 Å². The van der Waals surface area contributed by atoms with E-state index in [4.69, 9.17) is 0 Å². The molecule has 1 atom stereocenters. The maximum atomic E-state index is 13.0. The van der Waals surface area contributed by atoms with Crippen molar-refractivity contribution < 1.29 is 4.79 Å². The van der Waals surface area contributed by atoms with Gasteiger partial charge in [-0.15, -0.1) is 0 Å². The summed E-state index contributed by atoms with van der Waals surface area (Å²) in [6, 6.07) is 3.87. The number of hydrogen-bond donors (Lipinski definition) is 0. The zero-order chi connectivity index (χ0) is 18.5. The van der Waals surface area contributed by atoms with Gasteiger partial charge in [0.2, 0.25) is 5.91 Å². The Balaban J connectivity index is 1.61. The van der Waals surface area contributed by atoms with Gasteiger partial charge in [-0.3, -0.25) is 14.7 Å². The Bertz CT molecular complexity index is 712. The Morgan fingerprint density at radius 1 is 1.15 bits per heavy atom. The van der Waals surface area contributed by atoms with E-state index in [0.29, 0.717) is 5.92 Å². The SMILES string of the molecule is CC(C)c1nccn1[C@@H](C)C(=O)N1CCCN(Cc2cccnc2)CC1. The van der Waals surface area contributed by atoms with Crippen LogP contribution >= 0.6 is 0 Å². The third kappa shape index (κ3) is 4.30. The topological polar surface area (TPSA) is 54.3 Å². The fourth-order valence-corrected chi connectivity index (χ4v) is 3.58. The Kier molecular flexibility index (Phi) is 6.04. The molecule has 26 heavy (non-hydrogen) atoms. The van der Waals surface area contributed by atoms with Gasteiger partial charge >= 0.3 is 0 Å². The number of pyridine rings is 1. The summed E-state index contributed by atoms with van der Waals surface area (Å²) >= 11 is 0. The molecule has 2 aromatic heterocycles. The van der Waals surface area contributed by atoms with Crippen molar-refractivity contribution >= 4 is 5.91 Å². The van der Waals surface area contributed by atoms with E-state index in [-0.39, 0.29) is 11.9 Å². The number of hydrogen-bond acceptors (Lipinski definition) is 4. The molecule has 140 valence electrons. The van der Waals surface area contributed by atoms with Gasteiger partial charge in [0.15, 0.2) is 0 Å². The summed E-state index contributed by atoms with van der Waals surface area (Å²) in [5.41, 5.74) is 1.22. The van der Waals surface area contributed by atoms with Crippen molar-refractivity contribution in [2.24, 2.45) is 0 Å². The highest BCUT2D eigenvalue weighted by molar-refractivity contribution is 5.80. The van der Waals surface area contributed by atoms with Gasteiger partial charge in [-0.2, -0.15) is 0 Å². The van der Waals surface area contributed by atoms with E-state index >= 15 is 0 Å². The lowest BCUT2D eigenvalue weighted by molar-refractivity contribution is -0.134. The number of aromatic nitrogens is 3. The van der Waals surface area contributed by atoms with Crippen LogP contribution in [0.2, 0.25) is 0 Å². The lowest BCUT2D eigenvalue weighted by atomic mass is 10.2. The molecule has 0 bridgehead atoms. The summed E-state index contributed by atoms with van der Waals surface area (Å²) in [4.78, 5) is 26.1. The maximum absolute atomic E-state index is 13.0. The van der Waals surface area contributed by atoms with Crippen LogP contribution in [0.4, 0.5) is 0 Å². The molecular formula is C20H29N5O. The summed E-state index contributed by atoms with van der Waals surface area (Å²) in [6.45, 7) is 10.6. The average molecular weight is 355 g/mol. The molecule has 1 amide bonds. The maximum Gasteiger partial charge on any atom is 0.245 e. The van der Waals surface area contributed by atoms with Crippen LogP contribution in [0.1, 0.15) is 50.5 Å². The first-order valence-corrected chi connectivity index (χ1v) is 9.49. The summed E-state index contributed by atoms with van der Waals surface area (Å²) < 4.78 is 2.02. The van der Waals surface area contributed by atoms with Crippen LogP contribution in [0.25, 0.3) is 0 Å². The van der Waals surface area contributed by atoms with E-state index in [2.05, 4.69) is 34.8 Å². The molecule has 1 saturated heterocycles. The van der Waals surface area contributed by atoms with Gasteiger partial charge in [-0.25, -0.2) is 4.98 Å². The molecule has 6 nitrogen and oxygen atoms in total. The van der Waals surface area contributed by atoms with Crippen LogP contribution in [-0.4, -0.2) is 56.4 Å². The van der Waals surface area contributed by atoms with Gasteiger partial charge in [0.05, 0.1) is 0 Å². The smallest absolute Gasteiger partial charge is 0.245 e. The lowest BCUT2D eigenvalue weighted by Crippen LogP contribution is -2.39. The minimum absolute atomic E-state index is 0.188. The monoisotopic (exact) mass is 355 g/mol. The molecule has 3 heterocycles. The van der Waals surface area contributed by atoms with Crippen LogP contribution in [0.5, 0.6) is 0 Å².